The van der Waals surface area contributed by atoms with Gasteiger partial charge in [0.25, 0.3) is 0 Å². The van der Waals surface area contributed by atoms with Gasteiger partial charge in [0, 0.05) is 6.04 Å². The van der Waals surface area contributed by atoms with Crippen LogP contribution in [-0.2, 0) is 4.79 Å². The van der Waals surface area contributed by atoms with Crippen molar-refractivity contribution < 1.29 is 4.79 Å². The van der Waals surface area contributed by atoms with E-state index in [1.54, 1.807) is 0 Å². The number of rotatable bonds is 8. The first-order valence-corrected chi connectivity index (χ1v) is 5.74. The van der Waals surface area contributed by atoms with E-state index >= 15 is 0 Å². The van der Waals surface area contributed by atoms with Crippen LogP contribution in [0.5, 0.6) is 0 Å². The van der Waals surface area contributed by atoms with Crippen LogP contribution in [0.1, 0.15) is 33.1 Å². The van der Waals surface area contributed by atoms with E-state index in [1.165, 1.54) is 0 Å². The molecule has 90 valence electrons. The molecule has 0 aliphatic heterocycles. The SMILES string of the molecule is CC(C)NC(=O)CN(C)CCCCCN. The normalized spacial score (nSPS) is 11.1. The molecule has 0 radical (unpaired) electrons. The summed E-state index contributed by atoms with van der Waals surface area (Å²) in [7, 11) is 1.97. The van der Waals surface area contributed by atoms with Crippen molar-refractivity contribution in [1.29, 1.82) is 0 Å². The van der Waals surface area contributed by atoms with Gasteiger partial charge in [0.15, 0.2) is 0 Å². The van der Waals surface area contributed by atoms with Crippen molar-refractivity contribution in [3.63, 3.8) is 0 Å². The molecular weight excluding hydrogens is 190 g/mol. The van der Waals surface area contributed by atoms with E-state index in [0.29, 0.717) is 6.54 Å². The van der Waals surface area contributed by atoms with Gasteiger partial charge in [-0.2, -0.15) is 0 Å². The van der Waals surface area contributed by atoms with Crippen LogP contribution in [0, 0.1) is 0 Å². The lowest BCUT2D eigenvalue weighted by Gasteiger charge is -2.17. The molecular formula is C11H25N3O. The summed E-state index contributed by atoms with van der Waals surface area (Å²) in [5.74, 6) is 0.103. The highest BCUT2D eigenvalue weighted by Gasteiger charge is 2.06. The largest absolute Gasteiger partial charge is 0.353 e. The minimum atomic E-state index is 0.103. The Morgan fingerprint density at radius 2 is 2.00 bits per heavy atom. The highest BCUT2D eigenvalue weighted by molar-refractivity contribution is 5.78. The Labute approximate surface area is 93.2 Å². The van der Waals surface area contributed by atoms with Gasteiger partial charge >= 0.3 is 0 Å². The zero-order valence-electron chi connectivity index (χ0n) is 10.3. The molecule has 0 saturated carbocycles. The Morgan fingerprint density at radius 1 is 1.33 bits per heavy atom. The lowest BCUT2D eigenvalue weighted by atomic mass is 10.2. The molecule has 0 unspecified atom stereocenters. The quantitative estimate of drug-likeness (QED) is 0.582. The fourth-order valence-electron chi connectivity index (χ4n) is 1.39. The topological polar surface area (TPSA) is 58.4 Å². The van der Waals surface area contributed by atoms with Crippen molar-refractivity contribution in [2.45, 2.75) is 39.2 Å². The molecule has 0 bridgehead atoms. The zero-order valence-corrected chi connectivity index (χ0v) is 10.3. The molecule has 0 spiro atoms. The van der Waals surface area contributed by atoms with E-state index in [1.807, 2.05) is 25.8 Å². The molecule has 4 heteroatoms. The van der Waals surface area contributed by atoms with Gasteiger partial charge in [-0.1, -0.05) is 6.42 Å². The van der Waals surface area contributed by atoms with Gasteiger partial charge in [0.1, 0.15) is 0 Å². The molecule has 0 aromatic rings. The number of amides is 1. The smallest absolute Gasteiger partial charge is 0.234 e. The average molecular weight is 215 g/mol. The molecule has 3 N–H and O–H groups in total. The number of nitrogens with two attached hydrogens (primary N) is 1. The molecule has 0 aliphatic rings. The molecule has 0 aliphatic carbocycles. The number of hydrogen-bond donors (Lipinski definition) is 2. The maximum Gasteiger partial charge on any atom is 0.234 e. The van der Waals surface area contributed by atoms with Gasteiger partial charge in [-0.15, -0.1) is 0 Å². The van der Waals surface area contributed by atoms with Crippen molar-refractivity contribution in [2.75, 3.05) is 26.7 Å². The number of carbonyl (C=O) groups is 1. The summed E-state index contributed by atoms with van der Waals surface area (Å²) >= 11 is 0. The first kappa shape index (κ1) is 14.4. The summed E-state index contributed by atoms with van der Waals surface area (Å²) in [4.78, 5) is 13.4. The van der Waals surface area contributed by atoms with E-state index in [-0.39, 0.29) is 11.9 Å². The van der Waals surface area contributed by atoms with E-state index in [9.17, 15) is 4.79 Å². The molecule has 0 atom stereocenters. The summed E-state index contributed by atoms with van der Waals surface area (Å²) in [6.07, 6.45) is 3.33. The van der Waals surface area contributed by atoms with E-state index < -0.39 is 0 Å². The second-order valence-electron chi connectivity index (χ2n) is 4.31. The summed E-state index contributed by atoms with van der Waals surface area (Å²) < 4.78 is 0. The van der Waals surface area contributed by atoms with Crippen LogP contribution in [0.3, 0.4) is 0 Å². The Bertz CT molecular complexity index is 171. The van der Waals surface area contributed by atoms with Crippen LogP contribution >= 0.6 is 0 Å². The lowest BCUT2D eigenvalue weighted by Crippen LogP contribution is -2.38. The second kappa shape index (κ2) is 8.68. The highest BCUT2D eigenvalue weighted by Crippen LogP contribution is 1.95. The maximum absolute atomic E-state index is 11.4. The standard InChI is InChI=1S/C11H25N3O/c1-10(2)13-11(15)9-14(3)8-6-4-5-7-12/h10H,4-9,12H2,1-3H3,(H,13,15). The minimum absolute atomic E-state index is 0.103. The number of hydrogen-bond acceptors (Lipinski definition) is 3. The highest BCUT2D eigenvalue weighted by atomic mass is 16.2. The first-order chi connectivity index (χ1) is 7.06. The summed E-state index contributed by atoms with van der Waals surface area (Å²) in [5, 5.41) is 2.87. The second-order valence-corrected chi connectivity index (χ2v) is 4.31. The third-order valence-electron chi connectivity index (χ3n) is 2.11. The number of carbonyl (C=O) groups excluding carboxylic acids is 1. The van der Waals surface area contributed by atoms with Gasteiger partial charge in [0.05, 0.1) is 6.54 Å². The molecule has 0 saturated heterocycles. The minimum Gasteiger partial charge on any atom is -0.353 e. The Morgan fingerprint density at radius 3 is 2.53 bits per heavy atom. The third-order valence-corrected chi connectivity index (χ3v) is 2.11. The maximum atomic E-state index is 11.4. The Hall–Kier alpha value is -0.610. The molecule has 0 rings (SSSR count). The van der Waals surface area contributed by atoms with Crippen molar-refractivity contribution in [3.8, 4) is 0 Å². The van der Waals surface area contributed by atoms with Crippen LogP contribution in [-0.4, -0.2) is 43.5 Å². The number of unbranched alkanes of at least 4 members (excludes halogenated alkanes) is 2. The lowest BCUT2D eigenvalue weighted by molar-refractivity contribution is -0.122. The van der Waals surface area contributed by atoms with Gasteiger partial charge < -0.3 is 11.1 Å². The molecule has 0 aromatic carbocycles. The number of nitrogens with zero attached hydrogens (tertiary/aromatic N) is 1. The molecule has 1 amide bonds. The summed E-state index contributed by atoms with van der Waals surface area (Å²) in [6, 6.07) is 0.225. The van der Waals surface area contributed by atoms with Crippen molar-refractivity contribution in [1.82, 2.24) is 10.2 Å². The summed E-state index contributed by atoms with van der Waals surface area (Å²) in [6.45, 7) is 6.15. The van der Waals surface area contributed by atoms with E-state index in [0.717, 1.165) is 32.4 Å². The molecule has 0 aromatic heterocycles. The van der Waals surface area contributed by atoms with E-state index in [2.05, 4.69) is 5.32 Å². The van der Waals surface area contributed by atoms with E-state index in [4.69, 9.17) is 5.73 Å². The van der Waals surface area contributed by atoms with Gasteiger partial charge in [-0.25, -0.2) is 0 Å². The van der Waals surface area contributed by atoms with Gasteiger partial charge in [0.2, 0.25) is 5.91 Å². The van der Waals surface area contributed by atoms with Crippen LogP contribution in [0.4, 0.5) is 0 Å². The van der Waals surface area contributed by atoms with Gasteiger partial charge in [-0.05, 0) is 46.8 Å². The Kier molecular flexibility index (Phi) is 8.33. The molecule has 0 fully saturated rings. The molecule has 4 nitrogen and oxygen atoms in total. The predicted octanol–water partition coefficient (Wildman–Crippen LogP) is 0.572. The first-order valence-electron chi connectivity index (χ1n) is 5.74. The average Bonchev–Trinajstić information content (AvgIpc) is 2.10. The van der Waals surface area contributed by atoms with Crippen molar-refractivity contribution in [2.24, 2.45) is 5.73 Å². The fourth-order valence-corrected chi connectivity index (χ4v) is 1.39. The van der Waals surface area contributed by atoms with Crippen LogP contribution in [0.2, 0.25) is 0 Å². The fraction of sp³-hybridized carbons (Fsp3) is 0.909. The molecule has 15 heavy (non-hydrogen) atoms. The third kappa shape index (κ3) is 9.69. The predicted molar refractivity (Wildman–Crippen MR) is 63.7 cm³/mol. The van der Waals surface area contributed by atoms with Crippen LogP contribution in [0.25, 0.3) is 0 Å². The van der Waals surface area contributed by atoms with Crippen LogP contribution < -0.4 is 11.1 Å². The monoisotopic (exact) mass is 215 g/mol. The van der Waals surface area contributed by atoms with Crippen molar-refractivity contribution >= 4 is 5.91 Å². The number of nitrogens with one attached hydrogen (secondary N) is 1. The Balaban J connectivity index is 3.46. The molecule has 0 heterocycles. The van der Waals surface area contributed by atoms with Crippen molar-refractivity contribution in [3.05, 3.63) is 0 Å². The van der Waals surface area contributed by atoms with Gasteiger partial charge in [-0.3, -0.25) is 9.69 Å². The number of likely N-dealkylation sites (N-methyl/N-ethyl adjacent to an activating group) is 1. The summed E-state index contributed by atoms with van der Waals surface area (Å²) in [5.41, 5.74) is 5.40. The van der Waals surface area contributed by atoms with Crippen LogP contribution in [0.15, 0.2) is 0 Å². The zero-order chi connectivity index (χ0) is 11.7.